The van der Waals surface area contributed by atoms with E-state index in [-0.39, 0.29) is 30.4 Å². The molecule has 3 aromatic rings. The van der Waals surface area contributed by atoms with E-state index in [9.17, 15) is 21.9 Å². The normalized spacial score (nSPS) is 21.0. The van der Waals surface area contributed by atoms with E-state index >= 15 is 0 Å². The number of benzene rings is 1. The highest BCUT2D eigenvalue weighted by molar-refractivity contribution is 7.89. The van der Waals surface area contributed by atoms with Crippen LogP contribution in [0.25, 0.3) is 10.9 Å². The Morgan fingerprint density at radius 3 is 2.56 bits per heavy atom. The Balaban J connectivity index is 1.70. The first kappa shape index (κ1) is 23.3. The number of hydrogen-bond donors (Lipinski definition) is 2. The Hall–Kier alpha value is -2.45. The second-order valence-electron chi connectivity index (χ2n) is 8.90. The fraction of sp³-hybridized carbons (Fsp3) is 0.476. The van der Waals surface area contributed by atoms with Gasteiger partial charge in [0.1, 0.15) is 5.75 Å². The number of aliphatic hydroxyl groups is 1. The minimum absolute atomic E-state index is 0.0266. The minimum Gasteiger partial charge on any atom is -0.497 e. The number of H-pyrrole nitrogens is 1. The van der Waals surface area contributed by atoms with Crippen molar-refractivity contribution in [2.75, 3.05) is 39.1 Å². The molecule has 13 heteroatoms. The van der Waals surface area contributed by atoms with Crippen LogP contribution in [0.5, 0.6) is 5.75 Å². The molecule has 34 heavy (non-hydrogen) atoms. The number of aryl methyl sites for hydroxylation is 1. The molecule has 4 heterocycles. The van der Waals surface area contributed by atoms with E-state index in [0.29, 0.717) is 11.4 Å². The summed E-state index contributed by atoms with van der Waals surface area (Å²) in [6.07, 6.45) is 2.82. The highest BCUT2D eigenvalue weighted by Gasteiger charge is 2.57. The van der Waals surface area contributed by atoms with Gasteiger partial charge in [0.05, 0.1) is 31.8 Å². The Labute approximate surface area is 198 Å². The molecular formula is C21H27N5O6S2. The maximum absolute atomic E-state index is 13.6. The molecule has 0 saturated carbocycles. The molecule has 0 aliphatic carbocycles. The van der Waals surface area contributed by atoms with Gasteiger partial charge in [0.15, 0.2) is 5.03 Å². The van der Waals surface area contributed by atoms with Gasteiger partial charge in [-0.15, -0.1) is 0 Å². The van der Waals surface area contributed by atoms with Gasteiger partial charge in [0.25, 0.3) is 10.0 Å². The molecule has 11 nitrogen and oxygen atoms in total. The molecule has 0 bridgehead atoms. The van der Waals surface area contributed by atoms with Crippen molar-refractivity contribution < 1.29 is 26.7 Å². The highest BCUT2D eigenvalue weighted by Crippen LogP contribution is 2.50. The Morgan fingerprint density at radius 1 is 1.24 bits per heavy atom. The summed E-state index contributed by atoms with van der Waals surface area (Å²) >= 11 is 0. The molecule has 1 fully saturated rings. The lowest BCUT2D eigenvalue weighted by molar-refractivity contribution is 0.0766. The topological polar surface area (TPSA) is 138 Å². The lowest BCUT2D eigenvalue weighted by Gasteiger charge is -2.54. The molecule has 5 rings (SSSR count). The van der Waals surface area contributed by atoms with E-state index < -0.39 is 38.1 Å². The Morgan fingerprint density at radius 2 is 1.97 bits per heavy atom. The van der Waals surface area contributed by atoms with Crippen molar-refractivity contribution >= 4 is 30.9 Å². The van der Waals surface area contributed by atoms with Crippen LogP contribution < -0.4 is 4.74 Å². The molecule has 2 aliphatic heterocycles. The number of aliphatic hydroxyl groups excluding tert-OH is 1. The van der Waals surface area contributed by atoms with Crippen molar-refractivity contribution in [2.45, 2.75) is 23.4 Å². The van der Waals surface area contributed by atoms with E-state index in [1.54, 1.807) is 25.6 Å². The monoisotopic (exact) mass is 509 g/mol. The average molecular weight is 510 g/mol. The third kappa shape index (κ3) is 3.29. The molecule has 1 saturated heterocycles. The third-order valence-electron chi connectivity index (χ3n) is 6.85. The van der Waals surface area contributed by atoms with E-state index in [0.717, 1.165) is 16.5 Å². The lowest BCUT2D eigenvalue weighted by atomic mass is 9.70. The third-order valence-corrected chi connectivity index (χ3v) is 10.4. The maximum Gasteiger partial charge on any atom is 0.262 e. The fourth-order valence-corrected chi connectivity index (χ4v) is 8.02. The first-order valence-electron chi connectivity index (χ1n) is 10.8. The summed E-state index contributed by atoms with van der Waals surface area (Å²) in [5, 5.41) is 11.1. The zero-order valence-electron chi connectivity index (χ0n) is 19.1. The number of sulfonamides is 2. The molecule has 0 amide bonds. The highest BCUT2D eigenvalue weighted by atomic mass is 32.2. The summed E-state index contributed by atoms with van der Waals surface area (Å²) in [4.78, 5) is 7.33. The number of nitrogens with zero attached hydrogens (tertiary/aromatic N) is 4. The molecular weight excluding hydrogens is 482 g/mol. The largest absolute Gasteiger partial charge is 0.497 e. The van der Waals surface area contributed by atoms with Crippen LogP contribution >= 0.6 is 0 Å². The number of aromatic nitrogens is 3. The molecule has 1 spiro atoms. The van der Waals surface area contributed by atoms with Gasteiger partial charge in [-0.25, -0.2) is 21.8 Å². The van der Waals surface area contributed by atoms with Crippen LogP contribution in [0, 0.1) is 0 Å². The Kier molecular flexibility index (Phi) is 5.33. The second kappa shape index (κ2) is 7.78. The van der Waals surface area contributed by atoms with Crippen LogP contribution in [0.3, 0.4) is 0 Å². The van der Waals surface area contributed by atoms with Crippen LogP contribution in [0.1, 0.15) is 24.2 Å². The van der Waals surface area contributed by atoms with E-state index in [4.69, 9.17) is 4.74 Å². The van der Waals surface area contributed by atoms with Gasteiger partial charge in [-0.05, 0) is 24.6 Å². The van der Waals surface area contributed by atoms with Crippen molar-refractivity contribution in [1.82, 2.24) is 23.1 Å². The zero-order valence-corrected chi connectivity index (χ0v) is 20.7. The van der Waals surface area contributed by atoms with Crippen LogP contribution in [0.15, 0.2) is 35.7 Å². The van der Waals surface area contributed by atoms with Crippen LogP contribution in [-0.2, 0) is 32.5 Å². The van der Waals surface area contributed by atoms with Crippen molar-refractivity contribution in [3.8, 4) is 5.75 Å². The number of fused-ring (bicyclic) bond motifs is 4. The van der Waals surface area contributed by atoms with Gasteiger partial charge in [-0.1, -0.05) is 0 Å². The van der Waals surface area contributed by atoms with Gasteiger partial charge in [-0.2, -0.15) is 8.61 Å². The quantitative estimate of drug-likeness (QED) is 0.495. The predicted octanol–water partition coefficient (Wildman–Crippen LogP) is 0.551. The summed E-state index contributed by atoms with van der Waals surface area (Å²) in [6, 6.07) is 4.64. The Bertz CT molecular complexity index is 1470. The molecule has 0 radical (unpaired) electrons. The van der Waals surface area contributed by atoms with Gasteiger partial charge >= 0.3 is 0 Å². The maximum atomic E-state index is 13.6. The van der Waals surface area contributed by atoms with E-state index in [2.05, 4.69) is 9.97 Å². The van der Waals surface area contributed by atoms with Gasteiger partial charge in [0, 0.05) is 61.0 Å². The summed E-state index contributed by atoms with van der Waals surface area (Å²) in [6.45, 7) is 1.47. The molecule has 184 valence electrons. The van der Waals surface area contributed by atoms with Crippen molar-refractivity contribution in [1.29, 1.82) is 0 Å². The van der Waals surface area contributed by atoms with E-state index in [1.165, 1.54) is 21.1 Å². The number of imidazole rings is 1. The SMILES string of the molecule is CCS(=O)(=O)N1CC2(C1)CN(S(=O)(=O)c1cn(C)cn1)[C@H](CO)c1[nH]c3cc(OC)ccc3c12. The van der Waals surface area contributed by atoms with Crippen LogP contribution in [0.4, 0.5) is 0 Å². The molecule has 2 N–H and O–H groups in total. The predicted molar refractivity (Wildman–Crippen MR) is 124 cm³/mol. The summed E-state index contributed by atoms with van der Waals surface area (Å²) in [5.74, 6) is 0.596. The fourth-order valence-electron chi connectivity index (χ4n) is 5.12. The smallest absolute Gasteiger partial charge is 0.262 e. The zero-order chi connectivity index (χ0) is 24.5. The summed E-state index contributed by atoms with van der Waals surface area (Å²) < 4.78 is 61.9. The first-order valence-corrected chi connectivity index (χ1v) is 13.9. The molecule has 0 unspecified atom stereocenters. The van der Waals surface area contributed by atoms with Gasteiger partial charge in [0.2, 0.25) is 10.0 Å². The van der Waals surface area contributed by atoms with E-state index in [1.807, 2.05) is 18.2 Å². The second-order valence-corrected chi connectivity index (χ2v) is 13.0. The number of hydrogen-bond acceptors (Lipinski definition) is 7. The first-order chi connectivity index (χ1) is 16.1. The molecule has 2 aromatic heterocycles. The van der Waals surface area contributed by atoms with Crippen molar-refractivity contribution in [3.05, 3.63) is 42.0 Å². The van der Waals surface area contributed by atoms with Crippen LogP contribution in [0.2, 0.25) is 0 Å². The number of rotatable bonds is 6. The molecule has 1 aromatic carbocycles. The minimum atomic E-state index is -4.07. The standard InChI is InChI=1S/C21H27N5O6S2/c1-4-33(28,29)25-10-21(11-25)12-26(34(30,31)18-8-24(2)13-22-18)17(9-27)20-19(21)15-6-5-14(32-3)7-16(15)23-20/h5-8,13,17,23,27H,4,9-12H2,1-3H3/t17-/m1/s1. The van der Waals surface area contributed by atoms with Crippen molar-refractivity contribution in [3.63, 3.8) is 0 Å². The summed E-state index contributed by atoms with van der Waals surface area (Å²) in [5.41, 5.74) is 1.37. The summed E-state index contributed by atoms with van der Waals surface area (Å²) in [7, 11) is -4.28. The van der Waals surface area contributed by atoms with Crippen molar-refractivity contribution in [2.24, 2.45) is 7.05 Å². The number of nitrogens with one attached hydrogen (secondary N) is 1. The number of aromatic amines is 1. The lowest BCUT2D eigenvalue weighted by Crippen LogP contribution is -2.68. The van der Waals surface area contributed by atoms with Crippen LogP contribution in [-0.4, -0.2) is 84.2 Å². The number of ether oxygens (including phenoxy) is 1. The van der Waals surface area contributed by atoms with Gasteiger partial charge < -0.3 is 19.4 Å². The van der Waals surface area contributed by atoms with Gasteiger partial charge in [-0.3, -0.25) is 0 Å². The molecule has 1 atom stereocenters. The number of methoxy groups -OCH3 is 1. The average Bonchev–Trinajstić information content (AvgIpc) is 3.40. The molecule has 2 aliphatic rings.